The Labute approximate surface area is 340 Å². The number of para-hydroxylation sites is 2. The van der Waals surface area contributed by atoms with E-state index >= 15 is 0 Å². The highest BCUT2D eigenvalue weighted by molar-refractivity contribution is 6.33. The molecule has 0 bridgehead atoms. The largest absolute Gasteiger partial charge is 0.455 e. The van der Waals surface area contributed by atoms with Crippen LogP contribution in [0.15, 0.2) is 221 Å². The smallest absolute Gasteiger partial charge is 0.145 e. The summed E-state index contributed by atoms with van der Waals surface area (Å²) >= 11 is 0. The molecule has 3 nitrogen and oxygen atoms in total. The van der Waals surface area contributed by atoms with E-state index in [2.05, 4.69) is 205 Å². The van der Waals surface area contributed by atoms with Crippen LogP contribution in [0, 0.1) is 0 Å². The number of rotatable bonds is 6. The summed E-state index contributed by atoms with van der Waals surface area (Å²) in [6.07, 6.45) is 0. The van der Waals surface area contributed by atoms with E-state index in [1.165, 1.54) is 27.3 Å². The van der Waals surface area contributed by atoms with Crippen molar-refractivity contribution in [3.63, 3.8) is 0 Å². The fourth-order valence-corrected chi connectivity index (χ4v) is 9.14. The normalized spacial score (nSPS) is 11.7. The van der Waals surface area contributed by atoms with Crippen molar-refractivity contribution in [1.29, 1.82) is 0 Å². The fourth-order valence-electron chi connectivity index (χ4n) is 9.14. The first-order chi connectivity index (χ1) is 29.3. The van der Waals surface area contributed by atoms with Crippen molar-refractivity contribution >= 4 is 82.5 Å². The Hall–Kier alpha value is -7.88. The highest BCUT2D eigenvalue weighted by Crippen LogP contribution is 2.50. The summed E-state index contributed by atoms with van der Waals surface area (Å²) < 4.78 is 13.7. The van der Waals surface area contributed by atoms with Gasteiger partial charge in [-0.2, -0.15) is 0 Å². The molecule has 12 rings (SSSR count). The Bertz CT molecular complexity index is 3530. The number of anilines is 3. The van der Waals surface area contributed by atoms with Crippen LogP contribution in [-0.4, -0.2) is 0 Å². The molecule has 59 heavy (non-hydrogen) atoms. The quantitative estimate of drug-likeness (QED) is 0.158. The molecule has 0 saturated carbocycles. The minimum absolute atomic E-state index is 0.865. The van der Waals surface area contributed by atoms with Crippen LogP contribution in [0.3, 0.4) is 0 Å². The average Bonchev–Trinajstić information content (AvgIpc) is 3.91. The molecule has 276 valence electrons. The second kappa shape index (κ2) is 13.4. The molecule has 0 aliphatic carbocycles. The summed E-state index contributed by atoms with van der Waals surface area (Å²) in [5, 5.41) is 9.09. The van der Waals surface area contributed by atoms with E-state index in [0.717, 1.165) is 88.6 Å². The van der Waals surface area contributed by atoms with Gasteiger partial charge in [-0.1, -0.05) is 170 Å². The predicted molar refractivity (Wildman–Crippen MR) is 247 cm³/mol. The van der Waals surface area contributed by atoms with E-state index < -0.39 is 0 Å². The van der Waals surface area contributed by atoms with Crippen molar-refractivity contribution < 1.29 is 8.83 Å². The van der Waals surface area contributed by atoms with Crippen LogP contribution >= 0.6 is 0 Å². The number of benzene rings is 10. The summed E-state index contributed by atoms with van der Waals surface area (Å²) in [6, 6.07) is 75.5. The molecular weight excluding hydrogens is 719 g/mol. The van der Waals surface area contributed by atoms with Crippen LogP contribution in [0.2, 0.25) is 0 Å². The van der Waals surface area contributed by atoms with E-state index in [1.54, 1.807) is 0 Å². The van der Waals surface area contributed by atoms with Crippen LogP contribution in [0.5, 0.6) is 0 Å². The lowest BCUT2D eigenvalue weighted by molar-refractivity contribution is 0.670. The van der Waals surface area contributed by atoms with Gasteiger partial charge in [-0.25, -0.2) is 0 Å². The van der Waals surface area contributed by atoms with Crippen LogP contribution in [0.1, 0.15) is 0 Å². The van der Waals surface area contributed by atoms with Crippen LogP contribution < -0.4 is 4.90 Å². The number of fused-ring (bicyclic) bond motifs is 11. The molecule has 0 amide bonds. The van der Waals surface area contributed by atoms with Gasteiger partial charge in [0.05, 0.1) is 11.1 Å². The standard InChI is InChI=1S/C56H35NO2/c1-3-14-36(15-4-1)37-26-30-40(31-27-37)57(41-32-28-39(29-33-41)42-23-13-24-49-46-20-11-12-25-51(46)58-54(42)49)50-35-34-43(38-16-5-2-6-17-38)55-53(50)52-47-21-9-7-18-44(47)45-19-8-10-22-48(45)56(52)59-55/h1-35H. The molecule has 2 aromatic heterocycles. The van der Waals surface area contributed by atoms with Crippen LogP contribution in [0.25, 0.3) is 98.8 Å². The summed E-state index contributed by atoms with van der Waals surface area (Å²) in [7, 11) is 0. The molecule has 10 aromatic carbocycles. The topological polar surface area (TPSA) is 29.5 Å². The van der Waals surface area contributed by atoms with Gasteiger partial charge in [0.15, 0.2) is 0 Å². The molecule has 0 saturated heterocycles. The first-order valence-corrected chi connectivity index (χ1v) is 20.1. The summed E-state index contributed by atoms with van der Waals surface area (Å²) in [4.78, 5) is 2.39. The lowest BCUT2D eigenvalue weighted by Gasteiger charge is -2.27. The molecule has 0 aliphatic rings. The molecule has 2 heterocycles. The van der Waals surface area contributed by atoms with Crippen molar-refractivity contribution in [2.24, 2.45) is 0 Å². The third kappa shape index (κ3) is 5.29. The summed E-state index contributed by atoms with van der Waals surface area (Å²) in [5.41, 5.74) is 13.4. The highest BCUT2D eigenvalue weighted by Gasteiger charge is 2.25. The lowest BCUT2D eigenvalue weighted by Crippen LogP contribution is -2.10. The van der Waals surface area contributed by atoms with Gasteiger partial charge in [-0.15, -0.1) is 0 Å². The van der Waals surface area contributed by atoms with E-state index in [1.807, 2.05) is 12.1 Å². The van der Waals surface area contributed by atoms with Crippen molar-refractivity contribution in [3.8, 4) is 33.4 Å². The number of furan rings is 2. The van der Waals surface area contributed by atoms with Crippen molar-refractivity contribution in [2.45, 2.75) is 0 Å². The van der Waals surface area contributed by atoms with Gasteiger partial charge in [0.2, 0.25) is 0 Å². The van der Waals surface area contributed by atoms with E-state index in [0.29, 0.717) is 0 Å². The van der Waals surface area contributed by atoms with Gasteiger partial charge in [0, 0.05) is 44.0 Å². The van der Waals surface area contributed by atoms with Gasteiger partial charge >= 0.3 is 0 Å². The van der Waals surface area contributed by atoms with Gasteiger partial charge in [-0.3, -0.25) is 0 Å². The fraction of sp³-hybridized carbons (Fsp3) is 0. The van der Waals surface area contributed by atoms with E-state index in [4.69, 9.17) is 8.83 Å². The molecule has 0 radical (unpaired) electrons. The zero-order valence-electron chi connectivity index (χ0n) is 32.0. The van der Waals surface area contributed by atoms with Gasteiger partial charge in [0.1, 0.15) is 22.3 Å². The van der Waals surface area contributed by atoms with Crippen molar-refractivity contribution in [2.75, 3.05) is 4.90 Å². The average molecular weight is 754 g/mol. The molecule has 3 heteroatoms. The number of nitrogens with zero attached hydrogens (tertiary/aromatic N) is 1. The molecule has 0 unspecified atom stereocenters. The molecule has 0 spiro atoms. The maximum Gasteiger partial charge on any atom is 0.145 e. The monoisotopic (exact) mass is 753 g/mol. The number of hydrogen-bond donors (Lipinski definition) is 0. The SMILES string of the molecule is c1ccc(-c2ccc(N(c3ccc(-c4cccc5c4oc4ccccc45)cc3)c3ccc(-c4ccccc4)c4oc5c6ccccc6c6ccccc6c5c34)cc2)cc1. The Morgan fingerprint density at radius 2 is 0.763 bits per heavy atom. The third-order valence-electron chi connectivity index (χ3n) is 11.9. The van der Waals surface area contributed by atoms with E-state index in [-0.39, 0.29) is 0 Å². The Kier molecular flexibility index (Phi) is 7.54. The maximum atomic E-state index is 7.20. The predicted octanol–water partition coefficient (Wildman–Crippen LogP) is 16.3. The molecule has 0 fully saturated rings. The summed E-state index contributed by atoms with van der Waals surface area (Å²) in [5.74, 6) is 0. The van der Waals surface area contributed by atoms with Crippen LogP contribution in [0.4, 0.5) is 17.1 Å². The Balaban J connectivity index is 1.13. The molecular formula is C56H35NO2. The highest BCUT2D eigenvalue weighted by atomic mass is 16.3. The van der Waals surface area contributed by atoms with E-state index in [9.17, 15) is 0 Å². The lowest BCUT2D eigenvalue weighted by atomic mass is 9.94. The maximum absolute atomic E-state index is 7.20. The minimum atomic E-state index is 0.865. The minimum Gasteiger partial charge on any atom is -0.455 e. The van der Waals surface area contributed by atoms with Gasteiger partial charge < -0.3 is 13.7 Å². The Morgan fingerprint density at radius 1 is 0.271 bits per heavy atom. The van der Waals surface area contributed by atoms with Crippen molar-refractivity contribution in [3.05, 3.63) is 212 Å². The first-order valence-electron chi connectivity index (χ1n) is 20.1. The third-order valence-corrected chi connectivity index (χ3v) is 11.9. The number of hydrogen-bond acceptors (Lipinski definition) is 3. The van der Waals surface area contributed by atoms with Crippen molar-refractivity contribution in [1.82, 2.24) is 0 Å². The summed E-state index contributed by atoms with van der Waals surface area (Å²) in [6.45, 7) is 0. The first kappa shape index (κ1) is 33.3. The molecule has 0 aliphatic heterocycles. The zero-order chi connectivity index (χ0) is 38.9. The molecule has 0 atom stereocenters. The van der Waals surface area contributed by atoms with Gasteiger partial charge in [-0.05, 0) is 80.9 Å². The zero-order valence-corrected chi connectivity index (χ0v) is 32.0. The van der Waals surface area contributed by atoms with Gasteiger partial charge in [0.25, 0.3) is 0 Å². The molecule has 0 N–H and O–H groups in total. The second-order valence-corrected chi connectivity index (χ2v) is 15.2. The second-order valence-electron chi connectivity index (χ2n) is 15.2. The molecule has 12 aromatic rings. The van der Waals surface area contributed by atoms with Crippen LogP contribution in [-0.2, 0) is 0 Å². The Morgan fingerprint density at radius 3 is 1.47 bits per heavy atom.